The minimum atomic E-state index is -0.256. The highest BCUT2D eigenvalue weighted by molar-refractivity contribution is 5.74. The molecule has 0 spiro atoms. The zero-order valence-electron chi connectivity index (χ0n) is 11.8. The molecule has 0 saturated heterocycles. The normalized spacial score (nSPS) is 11.7. The van der Waals surface area contributed by atoms with Crippen LogP contribution < -0.4 is 10.6 Å². The van der Waals surface area contributed by atoms with Crippen LogP contribution in [-0.2, 0) is 6.42 Å². The lowest BCUT2D eigenvalue weighted by Crippen LogP contribution is -2.38. The van der Waals surface area contributed by atoms with Crippen molar-refractivity contribution in [2.24, 2.45) is 0 Å². The number of nitrogens with zero attached hydrogens (tertiary/aromatic N) is 1. The average Bonchev–Trinajstić information content (AvgIpc) is 2.50. The van der Waals surface area contributed by atoms with Crippen LogP contribution in [0.1, 0.15) is 24.2 Å². The predicted octanol–water partition coefficient (Wildman–Crippen LogP) is 2.82. The molecule has 1 aromatic carbocycles. The van der Waals surface area contributed by atoms with E-state index in [1.807, 2.05) is 25.1 Å². The molecule has 2 rings (SSSR count). The number of hydrogen-bond acceptors (Lipinski definition) is 2. The third-order valence-corrected chi connectivity index (χ3v) is 3.09. The van der Waals surface area contributed by atoms with E-state index in [4.69, 9.17) is 0 Å². The molecule has 2 N–H and O–H groups in total. The molecule has 0 unspecified atom stereocenters. The molecule has 0 aliphatic carbocycles. The Kier molecular flexibility index (Phi) is 5.26. The molecule has 0 saturated carbocycles. The van der Waals surface area contributed by atoms with E-state index in [1.165, 1.54) is 12.1 Å². The molecule has 0 bridgehead atoms. The van der Waals surface area contributed by atoms with Crippen LogP contribution >= 0.6 is 0 Å². The maximum Gasteiger partial charge on any atom is 0.315 e. The number of halogens is 1. The van der Waals surface area contributed by atoms with Crippen molar-refractivity contribution in [2.75, 3.05) is 6.54 Å². The average molecular weight is 287 g/mol. The highest BCUT2D eigenvalue weighted by Crippen LogP contribution is 2.07. The fourth-order valence-electron chi connectivity index (χ4n) is 1.93. The Morgan fingerprint density at radius 3 is 2.67 bits per heavy atom. The zero-order valence-corrected chi connectivity index (χ0v) is 11.8. The van der Waals surface area contributed by atoms with Crippen molar-refractivity contribution >= 4 is 6.03 Å². The molecule has 1 aromatic heterocycles. The van der Waals surface area contributed by atoms with Gasteiger partial charge in [-0.15, -0.1) is 0 Å². The molecule has 5 heteroatoms. The molecular formula is C16H18FN3O. The first-order valence-corrected chi connectivity index (χ1v) is 6.85. The molecule has 0 aliphatic heterocycles. The van der Waals surface area contributed by atoms with E-state index in [9.17, 15) is 9.18 Å². The standard InChI is InChI=1S/C16H18FN3O/c1-12(15-4-2-3-10-18-15)20-16(21)19-11-9-13-5-7-14(17)8-6-13/h2-8,10,12H,9,11H2,1H3,(H2,19,20,21)/t12-/m1/s1. The summed E-state index contributed by atoms with van der Waals surface area (Å²) in [4.78, 5) is 16.0. The van der Waals surface area contributed by atoms with E-state index < -0.39 is 0 Å². The number of carbonyl (C=O) groups excluding carboxylic acids is 1. The van der Waals surface area contributed by atoms with E-state index in [-0.39, 0.29) is 17.9 Å². The first kappa shape index (κ1) is 15.0. The smallest absolute Gasteiger partial charge is 0.315 e. The van der Waals surface area contributed by atoms with Gasteiger partial charge in [-0.3, -0.25) is 4.98 Å². The van der Waals surface area contributed by atoms with Gasteiger partial charge in [-0.25, -0.2) is 9.18 Å². The minimum Gasteiger partial charge on any atom is -0.338 e. The zero-order chi connectivity index (χ0) is 15.1. The van der Waals surface area contributed by atoms with Crippen LogP contribution in [0, 0.1) is 5.82 Å². The van der Waals surface area contributed by atoms with Gasteiger partial charge in [0.15, 0.2) is 0 Å². The minimum absolute atomic E-state index is 0.156. The van der Waals surface area contributed by atoms with Gasteiger partial charge in [-0.1, -0.05) is 18.2 Å². The first-order valence-electron chi connectivity index (χ1n) is 6.85. The van der Waals surface area contributed by atoms with Crippen LogP contribution in [0.4, 0.5) is 9.18 Å². The van der Waals surface area contributed by atoms with Crippen LogP contribution in [0.3, 0.4) is 0 Å². The molecule has 1 atom stereocenters. The topological polar surface area (TPSA) is 54.0 Å². The van der Waals surface area contributed by atoms with Crippen LogP contribution in [0.15, 0.2) is 48.7 Å². The number of benzene rings is 1. The number of pyridine rings is 1. The van der Waals surface area contributed by atoms with E-state index in [1.54, 1.807) is 18.3 Å². The highest BCUT2D eigenvalue weighted by Gasteiger charge is 2.09. The van der Waals surface area contributed by atoms with E-state index in [0.29, 0.717) is 13.0 Å². The molecule has 4 nitrogen and oxygen atoms in total. The first-order chi connectivity index (χ1) is 10.1. The number of urea groups is 1. The number of aromatic nitrogens is 1. The molecule has 0 fully saturated rings. The van der Waals surface area contributed by atoms with Crippen molar-refractivity contribution in [3.05, 3.63) is 65.7 Å². The summed E-state index contributed by atoms with van der Waals surface area (Å²) in [5.74, 6) is -0.256. The van der Waals surface area contributed by atoms with Crippen LogP contribution in [0.25, 0.3) is 0 Å². The summed E-state index contributed by atoms with van der Waals surface area (Å²) in [7, 11) is 0. The maximum absolute atomic E-state index is 12.8. The Hall–Kier alpha value is -2.43. The number of carbonyl (C=O) groups is 1. The molecule has 2 aromatic rings. The summed E-state index contributed by atoms with van der Waals surface area (Å²) >= 11 is 0. The van der Waals surface area contributed by atoms with Gasteiger partial charge >= 0.3 is 6.03 Å². The Balaban J connectivity index is 1.73. The quantitative estimate of drug-likeness (QED) is 0.888. The fraction of sp³-hybridized carbons (Fsp3) is 0.250. The van der Waals surface area contributed by atoms with Gasteiger partial charge in [0.1, 0.15) is 5.82 Å². The van der Waals surface area contributed by atoms with E-state index in [2.05, 4.69) is 15.6 Å². The molecule has 0 aliphatic rings. The Morgan fingerprint density at radius 2 is 2.00 bits per heavy atom. The molecule has 0 radical (unpaired) electrons. The number of rotatable bonds is 5. The van der Waals surface area contributed by atoms with Crippen molar-refractivity contribution in [3.8, 4) is 0 Å². The summed E-state index contributed by atoms with van der Waals surface area (Å²) in [6.45, 7) is 2.37. The molecule has 2 amide bonds. The Labute approximate surface area is 123 Å². The van der Waals surface area contributed by atoms with Gasteiger partial charge in [0.05, 0.1) is 11.7 Å². The lowest BCUT2D eigenvalue weighted by molar-refractivity contribution is 0.238. The van der Waals surface area contributed by atoms with E-state index >= 15 is 0 Å². The van der Waals surface area contributed by atoms with Crippen LogP contribution in [0.2, 0.25) is 0 Å². The number of amides is 2. The SMILES string of the molecule is C[C@@H](NC(=O)NCCc1ccc(F)cc1)c1ccccn1. The van der Waals surface area contributed by atoms with Crippen LogP contribution in [-0.4, -0.2) is 17.6 Å². The van der Waals surface area contributed by atoms with Crippen molar-refractivity contribution in [1.82, 2.24) is 15.6 Å². The van der Waals surface area contributed by atoms with Gasteiger partial charge in [0, 0.05) is 12.7 Å². The summed E-state index contributed by atoms with van der Waals surface area (Å²) in [5.41, 5.74) is 1.79. The second-order valence-corrected chi connectivity index (χ2v) is 4.75. The van der Waals surface area contributed by atoms with Crippen molar-refractivity contribution in [3.63, 3.8) is 0 Å². The van der Waals surface area contributed by atoms with Gasteiger partial charge in [0.25, 0.3) is 0 Å². The van der Waals surface area contributed by atoms with Gasteiger partial charge in [0.2, 0.25) is 0 Å². The number of nitrogens with one attached hydrogen (secondary N) is 2. The van der Waals surface area contributed by atoms with Crippen molar-refractivity contribution in [1.29, 1.82) is 0 Å². The summed E-state index contributed by atoms with van der Waals surface area (Å²) < 4.78 is 12.8. The lowest BCUT2D eigenvalue weighted by atomic mass is 10.1. The number of hydrogen-bond donors (Lipinski definition) is 2. The van der Waals surface area contributed by atoms with Crippen LogP contribution in [0.5, 0.6) is 0 Å². The molecule has 1 heterocycles. The Bertz CT molecular complexity index is 572. The molecule has 110 valence electrons. The summed E-state index contributed by atoms with van der Waals surface area (Å²) in [6.07, 6.45) is 2.35. The highest BCUT2D eigenvalue weighted by atomic mass is 19.1. The third-order valence-electron chi connectivity index (χ3n) is 3.09. The summed E-state index contributed by atoms with van der Waals surface area (Å²) in [6, 6.07) is 11.4. The molecular weight excluding hydrogens is 269 g/mol. The fourth-order valence-corrected chi connectivity index (χ4v) is 1.93. The third kappa shape index (κ3) is 4.87. The van der Waals surface area contributed by atoms with Gasteiger partial charge < -0.3 is 10.6 Å². The second kappa shape index (κ2) is 7.38. The Morgan fingerprint density at radius 1 is 1.24 bits per heavy atom. The maximum atomic E-state index is 12.8. The van der Waals surface area contributed by atoms with Crippen molar-refractivity contribution in [2.45, 2.75) is 19.4 Å². The molecule has 21 heavy (non-hydrogen) atoms. The summed E-state index contributed by atoms with van der Waals surface area (Å²) in [5, 5.41) is 5.59. The largest absolute Gasteiger partial charge is 0.338 e. The lowest BCUT2D eigenvalue weighted by Gasteiger charge is -2.14. The van der Waals surface area contributed by atoms with E-state index in [0.717, 1.165) is 11.3 Å². The second-order valence-electron chi connectivity index (χ2n) is 4.75. The predicted molar refractivity (Wildman–Crippen MR) is 79.3 cm³/mol. The van der Waals surface area contributed by atoms with Gasteiger partial charge in [-0.05, 0) is 43.2 Å². The van der Waals surface area contributed by atoms with Gasteiger partial charge in [-0.2, -0.15) is 0 Å². The monoisotopic (exact) mass is 287 g/mol. The van der Waals surface area contributed by atoms with Crippen molar-refractivity contribution < 1.29 is 9.18 Å².